The van der Waals surface area contributed by atoms with Crippen LogP contribution in [0.2, 0.25) is 0 Å². The van der Waals surface area contributed by atoms with E-state index in [0.29, 0.717) is 28.9 Å². The van der Waals surface area contributed by atoms with Crippen LogP contribution in [0, 0.1) is 5.92 Å². The number of anilines is 1. The first kappa shape index (κ1) is 22.4. The number of piperidine rings is 1. The highest BCUT2D eigenvalue weighted by molar-refractivity contribution is 7.11. The summed E-state index contributed by atoms with van der Waals surface area (Å²) in [7, 11) is 1.64. The lowest BCUT2D eigenvalue weighted by molar-refractivity contribution is 0.360. The normalized spacial score (nSPS) is 21.3. The molecule has 0 radical (unpaired) electrons. The predicted octanol–water partition coefficient (Wildman–Crippen LogP) is 4.77. The van der Waals surface area contributed by atoms with Crippen LogP contribution in [-0.2, 0) is 0 Å². The number of nitrogens with zero attached hydrogens (tertiary/aromatic N) is 6. The molecule has 8 rings (SSSR count). The number of nitrogens with one attached hydrogen (secondary N) is 2. The monoisotopic (exact) mass is 524 g/mol. The van der Waals surface area contributed by atoms with Crippen LogP contribution < -0.4 is 15.0 Å². The summed E-state index contributed by atoms with van der Waals surface area (Å²) < 4.78 is 5.30. The first-order chi connectivity index (χ1) is 18.8. The molecule has 2 saturated heterocycles. The minimum atomic E-state index is 0.512. The summed E-state index contributed by atoms with van der Waals surface area (Å²) in [6, 6.07) is 4.62. The fraction of sp³-hybridized carbons (Fsp3) is 0.393. The molecule has 2 aliphatic heterocycles. The highest BCUT2D eigenvalue weighted by Crippen LogP contribution is 2.46. The van der Waals surface area contributed by atoms with Gasteiger partial charge in [0.25, 0.3) is 5.19 Å². The van der Waals surface area contributed by atoms with Gasteiger partial charge in [-0.15, -0.1) is 0 Å². The van der Waals surface area contributed by atoms with Gasteiger partial charge >= 0.3 is 0 Å². The summed E-state index contributed by atoms with van der Waals surface area (Å²) in [5, 5.41) is 8.39. The number of hydrogen-bond donors (Lipinski definition) is 2. The molecule has 7 heterocycles. The van der Waals surface area contributed by atoms with Gasteiger partial charge in [0.15, 0.2) is 5.82 Å². The maximum Gasteiger partial charge on any atom is 0.273 e. The molecule has 5 aromatic rings. The van der Waals surface area contributed by atoms with Crippen molar-refractivity contribution in [2.45, 2.75) is 37.6 Å². The molecule has 0 spiro atoms. The Hall–Kier alpha value is -3.63. The van der Waals surface area contributed by atoms with Crippen LogP contribution in [0.3, 0.4) is 0 Å². The molecule has 2 unspecified atom stereocenters. The van der Waals surface area contributed by atoms with Crippen molar-refractivity contribution in [2.24, 2.45) is 5.92 Å². The van der Waals surface area contributed by atoms with Crippen molar-refractivity contribution in [3.05, 3.63) is 41.7 Å². The smallest absolute Gasteiger partial charge is 0.273 e. The first-order valence-corrected chi connectivity index (χ1v) is 14.3. The van der Waals surface area contributed by atoms with E-state index in [-0.39, 0.29) is 0 Å². The van der Waals surface area contributed by atoms with Crippen LogP contribution in [0.5, 0.6) is 5.19 Å². The van der Waals surface area contributed by atoms with Gasteiger partial charge in [0.1, 0.15) is 17.2 Å². The summed E-state index contributed by atoms with van der Waals surface area (Å²) in [6.45, 7) is 3.18. The van der Waals surface area contributed by atoms with Crippen molar-refractivity contribution in [1.82, 2.24) is 35.2 Å². The molecular formula is C28H28N8OS. The lowest BCUT2D eigenvalue weighted by Gasteiger charge is -2.33. The SMILES string of the molecule is COc1nc(-c2cc3c(-c4nc(N5CCC6CNCCC65)c5c(C6CC6)cncc5n4)ccnc3[nH]2)cs1. The number of aromatic nitrogens is 6. The van der Waals surface area contributed by atoms with Gasteiger partial charge < -0.3 is 19.9 Å². The molecule has 2 atom stereocenters. The lowest BCUT2D eigenvalue weighted by Crippen LogP contribution is -2.44. The highest BCUT2D eigenvalue weighted by atomic mass is 32.1. The zero-order chi connectivity index (χ0) is 25.2. The van der Waals surface area contributed by atoms with Gasteiger partial charge in [-0.3, -0.25) is 4.98 Å². The molecule has 9 nitrogen and oxygen atoms in total. The van der Waals surface area contributed by atoms with Crippen LogP contribution in [0.25, 0.3) is 44.7 Å². The summed E-state index contributed by atoms with van der Waals surface area (Å²) >= 11 is 1.47. The molecule has 192 valence electrons. The third-order valence-corrected chi connectivity index (χ3v) is 9.12. The molecule has 0 amide bonds. The van der Waals surface area contributed by atoms with E-state index in [1.54, 1.807) is 7.11 Å². The Bertz CT molecular complexity index is 1670. The predicted molar refractivity (Wildman–Crippen MR) is 149 cm³/mol. The Morgan fingerprint density at radius 2 is 2.05 bits per heavy atom. The van der Waals surface area contributed by atoms with E-state index in [4.69, 9.17) is 14.7 Å². The summed E-state index contributed by atoms with van der Waals surface area (Å²) in [5.74, 6) is 3.03. The largest absolute Gasteiger partial charge is 0.473 e. The average molecular weight is 525 g/mol. The van der Waals surface area contributed by atoms with E-state index < -0.39 is 0 Å². The maximum absolute atomic E-state index is 5.36. The van der Waals surface area contributed by atoms with Gasteiger partial charge in [-0.2, -0.15) is 0 Å². The molecule has 5 aromatic heterocycles. The molecule has 38 heavy (non-hydrogen) atoms. The minimum Gasteiger partial charge on any atom is -0.473 e. The van der Waals surface area contributed by atoms with Gasteiger partial charge in [0, 0.05) is 46.7 Å². The zero-order valence-electron chi connectivity index (χ0n) is 21.1. The lowest BCUT2D eigenvalue weighted by atomic mass is 9.94. The average Bonchev–Trinajstić information content (AvgIpc) is 3.34. The Balaban J connectivity index is 1.31. The van der Waals surface area contributed by atoms with Gasteiger partial charge in [0.2, 0.25) is 0 Å². The molecule has 3 aliphatic rings. The first-order valence-electron chi connectivity index (χ1n) is 13.4. The van der Waals surface area contributed by atoms with E-state index in [1.807, 2.05) is 30.0 Å². The fourth-order valence-electron chi connectivity index (χ4n) is 6.30. The van der Waals surface area contributed by atoms with Crippen molar-refractivity contribution in [3.8, 4) is 28.0 Å². The van der Waals surface area contributed by atoms with Gasteiger partial charge in [-0.1, -0.05) is 11.3 Å². The quantitative estimate of drug-likeness (QED) is 0.339. The van der Waals surface area contributed by atoms with E-state index in [2.05, 4.69) is 36.2 Å². The number of hydrogen-bond acceptors (Lipinski definition) is 9. The number of rotatable bonds is 5. The summed E-state index contributed by atoms with van der Waals surface area (Å²) in [6.07, 6.45) is 10.6. The summed E-state index contributed by atoms with van der Waals surface area (Å²) in [5.41, 5.74) is 5.72. The van der Waals surface area contributed by atoms with Crippen LogP contribution in [-0.4, -0.2) is 62.7 Å². The third-order valence-electron chi connectivity index (χ3n) is 8.32. The fourth-order valence-corrected chi connectivity index (χ4v) is 6.94. The van der Waals surface area contributed by atoms with E-state index in [9.17, 15) is 0 Å². The molecule has 10 heteroatoms. The maximum atomic E-state index is 5.36. The van der Waals surface area contributed by atoms with Crippen LogP contribution in [0.4, 0.5) is 5.82 Å². The van der Waals surface area contributed by atoms with Gasteiger partial charge in [0.05, 0.1) is 24.5 Å². The van der Waals surface area contributed by atoms with Crippen molar-refractivity contribution in [3.63, 3.8) is 0 Å². The molecule has 0 bridgehead atoms. The Morgan fingerprint density at radius 1 is 1.11 bits per heavy atom. The topological polar surface area (TPSA) is 105 Å². The highest BCUT2D eigenvalue weighted by Gasteiger charge is 2.38. The number of H-pyrrole nitrogens is 1. The van der Waals surface area contributed by atoms with Crippen LogP contribution in [0.15, 0.2) is 36.1 Å². The number of aromatic amines is 1. The number of ether oxygens (including phenoxy) is 1. The summed E-state index contributed by atoms with van der Waals surface area (Å²) in [4.78, 5) is 30.3. The number of methoxy groups -OCH3 is 1. The van der Waals surface area contributed by atoms with Gasteiger partial charge in [-0.25, -0.2) is 19.9 Å². The molecule has 2 N–H and O–H groups in total. The Kier molecular flexibility index (Phi) is 5.12. The van der Waals surface area contributed by atoms with Crippen molar-refractivity contribution < 1.29 is 4.74 Å². The second kappa shape index (κ2) is 8.71. The standard InChI is InChI=1S/C28H28N8OS/c1-37-28-34-22(14-38-28)20-10-18-17(4-8-31-25(18)32-20)26-33-21-13-30-12-19(15-2-3-15)24(21)27(35-26)36-9-6-16-11-29-7-5-23(16)36/h4,8,10,12-16,23,29H,2-3,5-7,9,11H2,1H3,(H,31,32). The minimum absolute atomic E-state index is 0.512. The molecule has 1 aliphatic carbocycles. The van der Waals surface area contributed by atoms with Crippen molar-refractivity contribution >= 4 is 39.1 Å². The number of thiazole rings is 1. The van der Waals surface area contributed by atoms with E-state index >= 15 is 0 Å². The molecule has 1 saturated carbocycles. The van der Waals surface area contributed by atoms with Crippen molar-refractivity contribution in [1.29, 1.82) is 0 Å². The van der Waals surface area contributed by atoms with Crippen LogP contribution >= 0.6 is 11.3 Å². The third kappa shape index (κ3) is 3.58. The Labute approximate surface area is 223 Å². The second-order valence-corrected chi connectivity index (χ2v) is 11.4. The van der Waals surface area contributed by atoms with Crippen molar-refractivity contribution in [2.75, 3.05) is 31.6 Å². The molecule has 0 aromatic carbocycles. The van der Waals surface area contributed by atoms with E-state index in [1.165, 1.54) is 41.5 Å². The zero-order valence-corrected chi connectivity index (χ0v) is 22.0. The molecular weight excluding hydrogens is 496 g/mol. The van der Waals surface area contributed by atoms with Crippen LogP contribution in [0.1, 0.15) is 37.2 Å². The molecule has 3 fully saturated rings. The second-order valence-electron chi connectivity index (χ2n) is 10.6. The van der Waals surface area contributed by atoms with Gasteiger partial charge in [-0.05, 0) is 68.3 Å². The van der Waals surface area contributed by atoms with E-state index in [0.717, 1.165) is 65.4 Å². The Morgan fingerprint density at radius 3 is 2.92 bits per heavy atom. The number of pyridine rings is 2. The number of fused-ring (bicyclic) bond motifs is 3.